The van der Waals surface area contributed by atoms with Gasteiger partial charge >= 0.3 is 0 Å². The number of hydrogen-bond acceptors (Lipinski definition) is 4. The molecule has 2 amide bonds. The van der Waals surface area contributed by atoms with Crippen molar-refractivity contribution in [1.82, 2.24) is 9.88 Å². The van der Waals surface area contributed by atoms with Gasteiger partial charge in [-0.2, -0.15) is 0 Å². The molecule has 3 N–H and O–H groups in total. The molecule has 0 unspecified atom stereocenters. The lowest BCUT2D eigenvalue weighted by atomic mass is 9.83. The molecule has 36 heavy (non-hydrogen) atoms. The van der Waals surface area contributed by atoms with E-state index in [1.807, 2.05) is 67.4 Å². The zero-order valence-electron chi connectivity index (χ0n) is 21.4. The Morgan fingerprint density at radius 1 is 1.03 bits per heavy atom. The van der Waals surface area contributed by atoms with E-state index in [9.17, 15) is 9.59 Å². The minimum absolute atomic E-state index is 0.00761. The van der Waals surface area contributed by atoms with Gasteiger partial charge in [0.25, 0.3) is 0 Å². The van der Waals surface area contributed by atoms with Gasteiger partial charge < -0.3 is 16.0 Å². The van der Waals surface area contributed by atoms with Gasteiger partial charge in [0.2, 0.25) is 11.8 Å². The van der Waals surface area contributed by atoms with Gasteiger partial charge in [0.1, 0.15) is 0 Å². The minimum atomic E-state index is -0.0247. The second-order valence-electron chi connectivity index (χ2n) is 9.95. The second-order valence-corrected chi connectivity index (χ2v) is 9.95. The lowest BCUT2D eigenvalue weighted by molar-refractivity contribution is -0.130. The molecular weight excluding hydrogens is 448 g/mol. The third kappa shape index (κ3) is 6.18. The molecule has 4 rings (SSSR count). The summed E-state index contributed by atoms with van der Waals surface area (Å²) in [5.74, 6) is 0.449. The SMILES string of the molecule is CC(=O)N(C)[C@H]1CC[C@H](CC(=O)Nc2cnc(-c3ccc([C@@H](C)N)cc3)c(-c3ccccc3)c2)CC1. The van der Waals surface area contributed by atoms with Crippen molar-refractivity contribution in [3.8, 4) is 22.4 Å². The average Bonchev–Trinajstić information content (AvgIpc) is 2.89. The average molecular weight is 485 g/mol. The van der Waals surface area contributed by atoms with Crippen molar-refractivity contribution in [2.75, 3.05) is 12.4 Å². The summed E-state index contributed by atoms with van der Waals surface area (Å²) in [6, 6.07) is 20.5. The predicted molar refractivity (Wildman–Crippen MR) is 145 cm³/mol. The monoisotopic (exact) mass is 484 g/mol. The highest BCUT2D eigenvalue weighted by Crippen LogP contribution is 2.34. The Morgan fingerprint density at radius 2 is 1.69 bits per heavy atom. The van der Waals surface area contributed by atoms with E-state index in [-0.39, 0.29) is 23.9 Å². The molecule has 0 bridgehead atoms. The summed E-state index contributed by atoms with van der Waals surface area (Å²) in [5, 5.41) is 3.07. The number of carbonyl (C=O) groups excluding carboxylic acids is 2. The van der Waals surface area contributed by atoms with Gasteiger partial charge in [-0.1, -0.05) is 54.6 Å². The van der Waals surface area contributed by atoms with Gasteiger partial charge in [-0.05, 0) is 55.7 Å². The quantitative estimate of drug-likeness (QED) is 0.443. The number of nitrogens with one attached hydrogen (secondary N) is 1. The van der Waals surface area contributed by atoms with Crippen molar-refractivity contribution in [2.45, 2.75) is 58.0 Å². The van der Waals surface area contributed by atoms with Crippen molar-refractivity contribution in [1.29, 1.82) is 0 Å². The van der Waals surface area contributed by atoms with E-state index < -0.39 is 0 Å². The maximum atomic E-state index is 12.9. The fraction of sp³-hybridized carbons (Fsp3) is 0.367. The predicted octanol–water partition coefficient (Wildman–Crippen LogP) is 5.80. The minimum Gasteiger partial charge on any atom is -0.343 e. The van der Waals surface area contributed by atoms with Crippen molar-refractivity contribution in [3.05, 3.63) is 72.4 Å². The van der Waals surface area contributed by atoms with E-state index in [4.69, 9.17) is 10.7 Å². The van der Waals surface area contributed by atoms with Gasteiger partial charge in [-0.25, -0.2) is 0 Å². The van der Waals surface area contributed by atoms with Crippen LogP contribution in [0, 0.1) is 5.92 Å². The van der Waals surface area contributed by atoms with Gasteiger partial charge in [0, 0.05) is 43.6 Å². The summed E-state index contributed by atoms with van der Waals surface area (Å²) in [5.41, 5.74) is 11.7. The lowest BCUT2D eigenvalue weighted by Gasteiger charge is -2.34. The number of anilines is 1. The van der Waals surface area contributed by atoms with Crippen LogP contribution in [0.25, 0.3) is 22.4 Å². The highest BCUT2D eigenvalue weighted by Gasteiger charge is 2.26. The summed E-state index contributed by atoms with van der Waals surface area (Å²) in [6.45, 7) is 3.58. The molecule has 1 aromatic heterocycles. The maximum Gasteiger partial charge on any atom is 0.224 e. The number of aromatic nitrogens is 1. The zero-order chi connectivity index (χ0) is 25.7. The number of carbonyl (C=O) groups is 2. The largest absolute Gasteiger partial charge is 0.343 e. The normalized spacial score (nSPS) is 18.3. The molecule has 2 aromatic carbocycles. The Kier molecular flexibility index (Phi) is 8.16. The highest BCUT2D eigenvalue weighted by molar-refractivity contribution is 5.93. The van der Waals surface area contributed by atoms with E-state index in [2.05, 4.69) is 17.4 Å². The van der Waals surface area contributed by atoms with Crippen LogP contribution in [0.2, 0.25) is 0 Å². The van der Waals surface area contributed by atoms with Crippen LogP contribution in [-0.4, -0.2) is 34.8 Å². The molecule has 3 aromatic rings. The van der Waals surface area contributed by atoms with Crippen molar-refractivity contribution < 1.29 is 9.59 Å². The number of rotatable bonds is 7. The van der Waals surface area contributed by atoms with Crippen LogP contribution in [0.5, 0.6) is 0 Å². The van der Waals surface area contributed by atoms with E-state index in [1.165, 1.54) is 0 Å². The maximum absolute atomic E-state index is 12.9. The van der Waals surface area contributed by atoms with Gasteiger partial charge in [0.15, 0.2) is 0 Å². The van der Waals surface area contributed by atoms with Crippen molar-refractivity contribution >= 4 is 17.5 Å². The van der Waals surface area contributed by atoms with Crippen LogP contribution in [0.4, 0.5) is 5.69 Å². The third-order valence-corrected chi connectivity index (χ3v) is 7.30. The van der Waals surface area contributed by atoms with E-state index in [0.717, 1.165) is 53.6 Å². The molecule has 1 aliphatic carbocycles. The molecule has 6 nitrogen and oxygen atoms in total. The first-order valence-electron chi connectivity index (χ1n) is 12.8. The summed E-state index contributed by atoms with van der Waals surface area (Å²) in [4.78, 5) is 31.1. The van der Waals surface area contributed by atoms with Gasteiger partial charge in [-0.15, -0.1) is 0 Å². The fourth-order valence-corrected chi connectivity index (χ4v) is 5.01. The topological polar surface area (TPSA) is 88.3 Å². The number of nitrogens with zero attached hydrogens (tertiary/aromatic N) is 2. The molecule has 188 valence electrons. The number of nitrogens with two attached hydrogens (primary N) is 1. The molecule has 0 spiro atoms. The highest BCUT2D eigenvalue weighted by atomic mass is 16.2. The standard InChI is InChI=1S/C30H36N4O2/c1-20(31)23-11-13-25(14-12-23)30-28(24-7-5-4-6-8-24)18-26(19-32-30)33-29(36)17-22-9-15-27(16-10-22)34(3)21(2)35/h4-8,11-14,18-20,22,27H,9-10,15-17,31H2,1-3H3,(H,33,36)/t20-,22-,27-/m1/s1. The fourth-order valence-electron chi connectivity index (χ4n) is 5.01. The third-order valence-electron chi connectivity index (χ3n) is 7.30. The van der Waals surface area contributed by atoms with E-state index >= 15 is 0 Å². The summed E-state index contributed by atoms with van der Waals surface area (Å²) in [7, 11) is 1.87. The number of amides is 2. The van der Waals surface area contributed by atoms with Crippen molar-refractivity contribution in [3.63, 3.8) is 0 Å². The van der Waals surface area contributed by atoms with Crippen LogP contribution in [-0.2, 0) is 9.59 Å². The Labute approximate surface area is 213 Å². The summed E-state index contributed by atoms with van der Waals surface area (Å²) >= 11 is 0. The molecule has 1 heterocycles. The lowest BCUT2D eigenvalue weighted by Crippen LogP contribution is -2.38. The van der Waals surface area contributed by atoms with Gasteiger partial charge in [0.05, 0.1) is 17.6 Å². The number of pyridine rings is 1. The van der Waals surface area contributed by atoms with Crippen LogP contribution in [0.15, 0.2) is 66.9 Å². The Bertz CT molecular complexity index is 1180. The number of hydrogen-bond donors (Lipinski definition) is 2. The van der Waals surface area contributed by atoms with Crippen LogP contribution in [0.3, 0.4) is 0 Å². The zero-order valence-corrected chi connectivity index (χ0v) is 21.4. The van der Waals surface area contributed by atoms with Crippen LogP contribution < -0.4 is 11.1 Å². The molecule has 1 aliphatic rings. The van der Waals surface area contributed by atoms with Gasteiger partial charge in [-0.3, -0.25) is 14.6 Å². The first-order valence-corrected chi connectivity index (χ1v) is 12.8. The first-order chi connectivity index (χ1) is 17.3. The molecule has 0 radical (unpaired) electrons. The molecule has 0 aliphatic heterocycles. The molecule has 6 heteroatoms. The molecule has 1 saturated carbocycles. The summed E-state index contributed by atoms with van der Waals surface area (Å²) in [6.07, 6.45) is 6.03. The smallest absolute Gasteiger partial charge is 0.224 e. The van der Waals surface area contributed by atoms with Crippen LogP contribution >= 0.6 is 0 Å². The molecule has 0 saturated heterocycles. The molecular formula is C30H36N4O2. The summed E-state index contributed by atoms with van der Waals surface area (Å²) < 4.78 is 0. The molecule has 1 fully saturated rings. The Morgan fingerprint density at radius 3 is 2.31 bits per heavy atom. The molecule has 1 atom stereocenters. The second kappa shape index (κ2) is 11.5. The Balaban J connectivity index is 1.48. The number of benzene rings is 2. The first kappa shape index (κ1) is 25.6. The van der Waals surface area contributed by atoms with E-state index in [0.29, 0.717) is 18.0 Å². The van der Waals surface area contributed by atoms with E-state index in [1.54, 1.807) is 13.1 Å². The Hall–Kier alpha value is -3.51. The van der Waals surface area contributed by atoms with Crippen molar-refractivity contribution in [2.24, 2.45) is 11.7 Å². The van der Waals surface area contributed by atoms with Crippen LogP contribution in [0.1, 0.15) is 57.6 Å².